The van der Waals surface area contributed by atoms with Crippen LogP contribution in [0.4, 0.5) is 0 Å². The lowest BCUT2D eigenvalue weighted by atomic mass is 10.1. The Labute approximate surface area is 221 Å². The third-order valence-electron chi connectivity index (χ3n) is 5.68. The van der Waals surface area contributed by atoms with Crippen LogP contribution in [0, 0.1) is 0 Å². The molecule has 0 amide bonds. The standard InChI is InChI=1S/C31H28N2O5/c32-29(25-9-5-2-6-10-25)22-37-27-15-11-24(12-16-27)20-36-28-17-13-26(14-18-28)30(19-31(34)35)33-38-21-23-7-3-1-4-8-23/h1-18,32H,19-22H2,(H,34,35)/p+2/b32-29?,33-30-. The molecule has 7 nitrogen and oxygen atoms in total. The van der Waals surface area contributed by atoms with Crippen LogP contribution in [-0.2, 0) is 22.8 Å². The van der Waals surface area contributed by atoms with E-state index in [0.717, 1.165) is 22.4 Å². The van der Waals surface area contributed by atoms with Crippen LogP contribution < -0.4 is 20.0 Å². The fraction of sp³-hybridized carbons (Fsp3) is 0.129. The highest BCUT2D eigenvalue weighted by molar-refractivity contribution is 6.05. The Kier molecular flexibility index (Phi) is 9.23. The SMILES string of the molecule is [NH2+]=C(COc1ccc(COc2ccc(/C(CC(=O)O)=[NH+]\OCc3ccccc3)cc2)cc1)c1ccccc1. The van der Waals surface area contributed by atoms with Gasteiger partial charge in [0.15, 0.2) is 13.2 Å². The lowest BCUT2D eigenvalue weighted by Gasteiger charge is -2.09. The minimum absolute atomic E-state index is 0.196. The largest absolute Gasteiger partial charge is 0.489 e. The molecule has 4 N–H and O–H groups in total. The van der Waals surface area contributed by atoms with Crippen LogP contribution >= 0.6 is 0 Å². The molecule has 0 atom stereocenters. The van der Waals surface area contributed by atoms with Crippen molar-refractivity contribution in [3.63, 3.8) is 0 Å². The number of hydrogen-bond acceptors (Lipinski definition) is 4. The fourth-order valence-corrected chi connectivity index (χ4v) is 3.63. The molecule has 0 bridgehead atoms. The minimum Gasteiger partial charge on any atom is -0.489 e. The third-order valence-corrected chi connectivity index (χ3v) is 5.68. The maximum Gasteiger partial charge on any atom is 0.314 e. The number of rotatable bonds is 13. The third kappa shape index (κ3) is 8.06. The van der Waals surface area contributed by atoms with Crippen LogP contribution in [0.15, 0.2) is 109 Å². The predicted molar refractivity (Wildman–Crippen MR) is 144 cm³/mol. The number of carboxylic acids is 1. The van der Waals surface area contributed by atoms with Crippen LogP contribution in [0.2, 0.25) is 0 Å². The van der Waals surface area contributed by atoms with Gasteiger partial charge in [-0.05, 0) is 64.8 Å². The Morgan fingerprint density at radius 1 is 0.684 bits per heavy atom. The molecule has 7 heteroatoms. The van der Waals surface area contributed by atoms with Crippen molar-refractivity contribution in [2.24, 2.45) is 0 Å². The first kappa shape index (κ1) is 26.2. The summed E-state index contributed by atoms with van der Waals surface area (Å²) in [6.07, 6.45) is -0.196. The van der Waals surface area contributed by atoms with E-state index in [1.165, 1.54) is 0 Å². The van der Waals surface area contributed by atoms with Crippen LogP contribution in [0.3, 0.4) is 0 Å². The summed E-state index contributed by atoms with van der Waals surface area (Å²) in [5.41, 5.74) is 4.75. The molecule has 0 aliphatic heterocycles. The quantitative estimate of drug-likeness (QED) is 0.189. The normalized spacial score (nSPS) is 11.0. The summed E-state index contributed by atoms with van der Waals surface area (Å²) in [4.78, 5) is 16.9. The van der Waals surface area contributed by atoms with Crippen molar-refractivity contribution in [3.8, 4) is 11.5 Å². The van der Waals surface area contributed by atoms with Gasteiger partial charge >= 0.3 is 5.97 Å². The molecule has 0 spiro atoms. The van der Waals surface area contributed by atoms with Crippen LogP contribution in [0.25, 0.3) is 0 Å². The second kappa shape index (κ2) is 13.4. The van der Waals surface area contributed by atoms with Crippen molar-refractivity contribution in [1.29, 1.82) is 0 Å². The topological polar surface area (TPSA) is 105 Å². The van der Waals surface area contributed by atoms with Gasteiger partial charge in [0.1, 0.15) is 24.5 Å². The summed E-state index contributed by atoms with van der Waals surface area (Å²) < 4.78 is 11.7. The molecular weight excluding hydrogens is 480 g/mol. The van der Waals surface area contributed by atoms with Gasteiger partial charge in [-0.3, -0.25) is 15.0 Å². The first-order chi connectivity index (χ1) is 18.6. The number of nitrogens with one attached hydrogen (secondary N) is 1. The van der Waals surface area contributed by atoms with Crippen molar-refractivity contribution in [3.05, 3.63) is 131 Å². The maximum atomic E-state index is 11.3. The van der Waals surface area contributed by atoms with Gasteiger partial charge in [-0.1, -0.05) is 60.7 Å². The Morgan fingerprint density at radius 3 is 1.92 bits per heavy atom. The molecule has 0 fully saturated rings. The van der Waals surface area contributed by atoms with Crippen molar-refractivity contribution in [2.75, 3.05) is 6.61 Å². The highest BCUT2D eigenvalue weighted by Crippen LogP contribution is 2.17. The van der Waals surface area contributed by atoms with Crippen molar-refractivity contribution in [2.45, 2.75) is 19.6 Å². The van der Waals surface area contributed by atoms with Crippen molar-refractivity contribution < 1.29 is 34.8 Å². The number of nitrogens with two attached hydrogens (primary N) is 1. The van der Waals surface area contributed by atoms with Gasteiger partial charge in [-0.25, -0.2) is 0 Å². The Balaban J connectivity index is 1.28. The van der Waals surface area contributed by atoms with Crippen LogP contribution in [-0.4, -0.2) is 29.1 Å². The second-order valence-corrected chi connectivity index (χ2v) is 8.56. The van der Waals surface area contributed by atoms with Crippen molar-refractivity contribution >= 4 is 17.4 Å². The molecule has 0 saturated heterocycles. The molecular formula is C31H30N2O5+2. The lowest BCUT2D eigenvalue weighted by molar-refractivity contribution is -0.758. The molecule has 4 aromatic carbocycles. The Morgan fingerprint density at radius 2 is 1.26 bits per heavy atom. The minimum atomic E-state index is -0.954. The average molecular weight is 511 g/mol. The molecule has 38 heavy (non-hydrogen) atoms. The van der Waals surface area contributed by atoms with E-state index in [4.69, 9.17) is 19.7 Å². The maximum absolute atomic E-state index is 11.3. The number of carbonyl (C=O) groups is 1. The Bertz CT molecular complexity index is 1350. The first-order valence-electron chi connectivity index (χ1n) is 12.2. The van der Waals surface area contributed by atoms with Gasteiger partial charge in [0.2, 0.25) is 11.4 Å². The predicted octanol–water partition coefficient (Wildman–Crippen LogP) is 2.37. The smallest absolute Gasteiger partial charge is 0.314 e. The molecule has 192 valence electrons. The number of hydrogen-bond donors (Lipinski definition) is 3. The van der Waals surface area contributed by atoms with E-state index < -0.39 is 5.97 Å². The average Bonchev–Trinajstić information content (AvgIpc) is 2.96. The first-order valence-corrected chi connectivity index (χ1v) is 12.2. The van der Waals surface area contributed by atoms with Gasteiger partial charge < -0.3 is 14.6 Å². The zero-order chi connectivity index (χ0) is 26.6. The van der Waals surface area contributed by atoms with Gasteiger partial charge in [0, 0.05) is 11.1 Å². The summed E-state index contributed by atoms with van der Waals surface area (Å²) in [5.74, 6) is 0.434. The van der Waals surface area contributed by atoms with Crippen LogP contribution in [0.1, 0.15) is 28.7 Å². The second-order valence-electron chi connectivity index (χ2n) is 8.56. The molecule has 0 unspecified atom stereocenters. The number of carboxylic acid groups (broad SMARTS) is 1. The van der Waals surface area contributed by atoms with E-state index in [0.29, 0.717) is 42.6 Å². The van der Waals surface area contributed by atoms with Crippen LogP contribution in [0.5, 0.6) is 11.5 Å². The zero-order valence-corrected chi connectivity index (χ0v) is 20.9. The van der Waals surface area contributed by atoms with E-state index in [2.05, 4.69) is 5.16 Å². The summed E-state index contributed by atoms with van der Waals surface area (Å²) in [6, 6.07) is 34.2. The number of benzene rings is 4. The summed E-state index contributed by atoms with van der Waals surface area (Å²) in [7, 11) is 0. The summed E-state index contributed by atoms with van der Waals surface area (Å²) in [6.45, 7) is 0.995. The van der Waals surface area contributed by atoms with E-state index in [1.807, 2.05) is 84.9 Å². The van der Waals surface area contributed by atoms with E-state index >= 15 is 0 Å². The Hall–Kier alpha value is -4.91. The zero-order valence-electron chi connectivity index (χ0n) is 20.9. The van der Waals surface area contributed by atoms with Gasteiger partial charge in [-0.2, -0.15) is 0 Å². The summed E-state index contributed by atoms with van der Waals surface area (Å²) in [5, 5.41) is 18.2. The monoisotopic (exact) mass is 510 g/mol. The van der Waals surface area contributed by atoms with Gasteiger partial charge in [-0.15, -0.1) is 0 Å². The number of ether oxygens (including phenoxy) is 2. The molecule has 0 aliphatic carbocycles. The lowest BCUT2D eigenvalue weighted by Crippen LogP contribution is -2.72. The highest BCUT2D eigenvalue weighted by Gasteiger charge is 2.16. The molecule has 0 radical (unpaired) electrons. The summed E-state index contributed by atoms with van der Waals surface area (Å²) >= 11 is 0. The molecule has 0 heterocycles. The molecule has 4 aromatic rings. The van der Waals surface area contributed by atoms with Gasteiger partial charge in [0.05, 0.1) is 0 Å². The van der Waals surface area contributed by atoms with E-state index in [9.17, 15) is 9.90 Å². The van der Waals surface area contributed by atoms with Crippen molar-refractivity contribution in [1.82, 2.24) is 0 Å². The van der Waals surface area contributed by atoms with E-state index in [1.54, 1.807) is 24.3 Å². The van der Waals surface area contributed by atoms with Gasteiger partial charge in [0.25, 0.3) is 0 Å². The molecule has 4 rings (SSSR count). The molecule has 0 aromatic heterocycles. The fourth-order valence-electron chi connectivity index (χ4n) is 3.63. The highest BCUT2D eigenvalue weighted by atomic mass is 16.6. The number of aliphatic carboxylic acids is 1. The molecule has 0 saturated carbocycles. The molecule has 0 aliphatic rings. The van der Waals surface area contributed by atoms with E-state index in [-0.39, 0.29) is 6.42 Å².